The van der Waals surface area contributed by atoms with Gasteiger partial charge in [-0.3, -0.25) is 0 Å². The molecule has 2 aromatic rings. The quantitative estimate of drug-likeness (QED) is 0.920. The molecule has 88 valence electrons. The third kappa shape index (κ3) is 2.82. The lowest BCUT2D eigenvalue weighted by molar-refractivity contribution is 0.779. The summed E-state index contributed by atoms with van der Waals surface area (Å²) in [6, 6.07) is 9.79. The van der Waals surface area contributed by atoms with Crippen molar-refractivity contribution in [3.8, 4) is 11.3 Å². The number of rotatable bonds is 2. The maximum Gasteiger partial charge on any atom is 0.133 e. The predicted octanol–water partition coefficient (Wildman–Crippen LogP) is 3.61. The van der Waals surface area contributed by atoms with Gasteiger partial charge in [0.05, 0.1) is 5.69 Å². The second kappa shape index (κ2) is 4.84. The van der Waals surface area contributed by atoms with Gasteiger partial charge in [-0.25, -0.2) is 9.97 Å². The lowest BCUT2D eigenvalue weighted by Gasteiger charge is -2.08. The fraction of sp³-hybridized carbons (Fsp3) is 0.231. The fourth-order valence-corrected chi connectivity index (χ4v) is 1.94. The first-order valence-electron chi connectivity index (χ1n) is 5.46. The molecule has 0 atom stereocenters. The minimum atomic E-state index is 0.268. The average molecular weight is 292 g/mol. The Morgan fingerprint density at radius 1 is 1.18 bits per heavy atom. The molecule has 0 saturated heterocycles. The summed E-state index contributed by atoms with van der Waals surface area (Å²) in [5, 5.41) is 0. The van der Waals surface area contributed by atoms with Crippen molar-refractivity contribution in [3.63, 3.8) is 0 Å². The molecule has 2 rings (SSSR count). The molecule has 0 unspecified atom stereocenters. The molecule has 1 heterocycles. The zero-order valence-corrected chi connectivity index (χ0v) is 11.4. The van der Waals surface area contributed by atoms with E-state index in [0.717, 1.165) is 21.6 Å². The van der Waals surface area contributed by atoms with E-state index in [1.807, 2.05) is 24.3 Å². The number of hydrogen-bond acceptors (Lipinski definition) is 3. The van der Waals surface area contributed by atoms with Gasteiger partial charge in [0.15, 0.2) is 0 Å². The van der Waals surface area contributed by atoms with Crippen LogP contribution in [0.1, 0.15) is 25.6 Å². The summed E-state index contributed by atoms with van der Waals surface area (Å²) in [6.45, 7) is 4.11. The normalized spacial score (nSPS) is 10.8. The van der Waals surface area contributed by atoms with Crippen LogP contribution in [-0.2, 0) is 0 Å². The number of hydrogen-bond donors (Lipinski definition) is 1. The number of anilines is 1. The Bertz CT molecular complexity index is 538. The van der Waals surface area contributed by atoms with Gasteiger partial charge >= 0.3 is 0 Å². The van der Waals surface area contributed by atoms with Crippen molar-refractivity contribution in [3.05, 3.63) is 40.6 Å². The number of benzene rings is 1. The standard InChI is InChI=1S/C13H14BrN3/c1-8(2)13-16-11(7-12(15)17-13)9-4-3-5-10(14)6-9/h3-8H,1-2H3,(H2,15,16,17). The minimum Gasteiger partial charge on any atom is -0.384 e. The van der Waals surface area contributed by atoms with E-state index < -0.39 is 0 Å². The molecule has 0 fully saturated rings. The number of halogens is 1. The van der Waals surface area contributed by atoms with Crippen LogP contribution in [0, 0.1) is 0 Å². The summed E-state index contributed by atoms with van der Waals surface area (Å²) < 4.78 is 1.03. The molecule has 4 heteroatoms. The van der Waals surface area contributed by atoms with Crippen molar-refractivity contribution in [2.45, 2.75) is 19.8 Å². The van der Waals surface area contributed by atoms with E-state index in [2.05, 4.69) is 39.7 Å². The van der Waals surface area contributed by atoms with Gasteiger partial charge in [0.1, 0.15) is 11.6 Å². The van der Waals surface area contributed by atoms with Crippen molar-refractivity contribution in [2.24, 2.45) is 0 Å². The lowest BCUT2D eigenvalue weighted by atomic mass is 10.1. The summed E-state index contributed by atoms with van der Waals surface area (Å²) >= 11 is 3.45. The molecule has 0 aliphatic rings. The lowest BCUT2D eigenvalue weighted by Crippen LogP contribution is -2.02. The largest absolute Gasteiger partial charge is 0.384 e. The van der Waals surface area contributed by atoms with E-state index in [1.165, 1.54) is 0 Å². The van der Waals surface area contributed by atoms with Crippen molar-refractivity contribution >= 4 is 21.7 Å². The van der Waals surface area contributed by atoms with E-state index in [0.29, 0.717) is 5.82 Å². The Hall–Kier alpha value is -1.42. The highest BCUT2D eigenvalue weighted by Crippen LogP contribution is 2.23. The van der Waals surface area contributed by atoms with Gasteiger partial charge in [-0.1, -0.05) is 41.9 Å². The molecule has 0 bridgehead atoms. The maximum atomic E-state index is 5.81. The minimum absolute atomic E-state index is 0.268. The van der Waals surface area contributed by atoms with Crippen LogP contribution in [0.25, 0.3) is 11.3 Å². The molecular formula is C13H14BrN3. The molecule has 0 radical (unpaired) electrons. The SMILES string of the molecule is CC(C)c1nc(N)cc(-c2cccc(Br)c2)n1. The summed E-state index contributed by atoms with van der Waals surface area (Å²) in [7, 11) is 0. The molecule has 0 aliphatic heterocycles. The Labute approximate surface area is 109 Å². The second-order valence-corrected chi connectivity index (χ2v) is 5.12. The van der Waals surface area contributed by atoms with Crippen LogP contribution in [-0.4, -0.2) is 9.97 Å². The molecular weight excluding hydrogens is 278 g/mol. The zero-order chi connectivity index (χ0) is 12.4. The first kappa shape index (κ1) is 12.0. The van der Waals surface area contributed by atoms with Gasteiger partial charge in [0.2, 0.25) is 0 Å². The predicted molar refractivity (Wildman–Crippen MR) is 73.7 cm³/mol. The third-order valence-electron chi connectivity index (χ3n) is 2.40. The first-order valence-corrected chi connectivity index (χ1v) is 6.26. The van der Waals surface area contributed by atoms with Gasteiger partial charge < -0.3 is 5.73 Å². The van der Waals surface area contributed by atoms with Gasteiger partial charge in [-0.2, -0.15) is 0 Å². The Kier molecular flexibility index (Phi) is 3.43. The number of nitrogens with zero attached hydrogens (tertiary/aromatic N) is 2. The molecule has 0 amide bonds. The van der Waals surface area contributed by atoms with E-state index in [4.69, 9.17) is 5.73 Å². The van der Waals surface area contributed by atoms with E-state index in [-0.39, 0.29) is 5.92 Å². The summed E-state index contributed by atoms with van der Waals surface area (Å²) in [4.78, 5) is 8.77. The smallest absolute Gasteiger partial charge is 0.133 e. The van der Waals surface area contributed by atoms with Gasteiger partial charge in [0.25, 0.3) is 0 Å². The molecule has 0 spiro atoms. The van der Waals surface area contributed by atoms with E-state index in [1.54, 1.807) is 6.07 Å². The van der Waals surface area contributed by atoms with Gasteiger partial charge in [-0.05, 0) is 12.1 Å². The van der Waals surface area contributed by atoms with Gasteiger partial charge in [-0.15, -0.1) is 0 Å². The number of aromatic nitrogens is 2. The third-order valence-corrected chi connectivity index (χ3v) is 2.89. The second-order valence-electron chi connectivity index (χ2n) is 4.20. The van der Waals surface area contributed by atoms with Crippen LogP contribution in [0.15, 0.2) is 34.8 Å². The van der Waals surface area contributed by atoms with Crippen molar-refractivity contribution in [1.82, 2.24) is 9.97 Å². The maximum absolute atomic E-state index is 5.81. The number of nitrogen functional groups attached to an aromatic ring is 1. The molecule has 1 aromatic heterocycles. The van der Waals surface area contributed by atoms with Crippen LogP contribution in [0.3, 0.4) is 0 Å². The fourth-order valence-electron chi connectivity index (χ4n) is 1.54. The molecule has 1 aromatic carbocycles. The molecule has 0 saturated carbocycles. The van der Waals surface area contributed by atoms with Crippen molar-refractivity contribution in [2.75, 3.05) is 5.73 Å². The molecule has 17 heavy (non-hydrogen) atoms. The van der Waals surface area contributed by atoms with Gasteiger partial charge in [0, 0.05) is 22.0 Å². The van der Waals surface area contributed by atoms with Crippen molar-refractivity contribution in [1.29, 1.82) is 0 Å². The Morgan fingerprint density at radius 3 is 2.59 bits per heavy atom. The monoisotopic (exact) mass is 291 g/mol. The van der Waals surface area contributed by atoms with Crippen LogP contribution in [0.5, 0.6) is 0 Å². The van der Waals surface area contributed by atoms with Crippen LogP contribution < -0.4 is 5.73 Å². The highest BCUT2D eigenvalue weighted by molar-refractivity contribution is 9.10. The van der Waals surface area contributed by atoms with E-state index >= 15 is 0 Å². The Morgan fingerprint density at radius 2 is 1.94 bits per heavy atom. The molecule has 3 nitrogen and oxygen atoms in total. The van der Waals surface area contributed by atoms with Crippen LogP contribution in [0.4, 0.5) is 5.82 Å². The molecule has 0 aliphatic carbocycles. The topological polar surface area (TPSA) is 51.8 Å². The number of nitrogens with two attached hydrogens (primary N) is 1. The summed E-state index contributed by atoms with van der Waals surface area (Å²) in [5.41, 5.74) is 7.71. The first-order chi connectivity index (χ1) is 8.06. The summed E-state index contributed by atoms with van der Waals surface area (Å²) in [6.07, 6.45) is 0. The Balaban J connectivity index is 2.52. The highest BCUT2D eigenvalue weighted by atomic mass is 79.9. The van der Waals surface area contributed by atoms with Crippen molar-refractivity contribution < 1.29 is 0 Å². The van der Waals surface area contributed by atoms with Crippen LogP contribution >= 0.6 is 15.9 Å². The summed E-state index contributed by atoms with van der Waals surface area (Å²) in [5.74, 6) is 1.56. The molecule has 2 N–H and O–H groups in total. The highest BCUT2D eigenvalue weighted by Gasteiger charge is 2.08. The zero-order valence-electron chi connectivity index (χ0n) is 9.81. The average Bonchev–Trinajstić information content (AvgIpc) is 2.28. The van der Waals surface area contributed by atoms with Crippen LogP contribution in [0.2, 0.25) is 0 Å². The van der Waals surface area contributed by atoms with E-state index in [9.17, 15) is 0 Å².